The maximum absolute atomic E-state index is 12.4. The molecule has 2 amide bonds. The van der Waals surface area contributed by atoms with Crippen molar-refractivity contribution in [2.24, 2.45) is 0 Å². The fourth-order valence-corrected chi connectivity index (χ4v) is 3.22. The molecule has 126 valence electrons. The molecule has 7 heteroatoms. The number of hydrogen-bond acceptors (Lipinski definition) is 4. The van der Waals surface area contributed by atoms with Crippen molar-refractivity contribution in [2.45, 2.75) is 6.04 Å². The van der Waals surface area contributed by atoms with Gasteiger partial charge in [0.15, 0.2) is 0 Å². The van der Waals surface area contributed by atoms with Gasteiger partial charge in [-0.25, -0.2) is 4.79 Å². The van der Waals surface area contributed by atoms with Crippen molar-refractivity contribution in [1.82, 2.24) is 5.32 Å². The molecule has 0 aliphatic heterocycles. The maximum atomic E-state index is 12.4. The molecule has 0 spiro atoms. The topological polar surface area (TPSA) is 84.3 Å². The lowest BCUT2D eigenvalue weighted by atomic mass is 10.1. The van der Waals surface area contributed by atoms with Gasteiger partial charge < -0.3 is 10.6 Å². The van der Waals surface area contributed by atoms with Crippen LogP contribution in [-0.2, 0) is 0 Å². The van der Waals surface area contributed by atoms with Crippen molar-refractivity contribution in [1.29, 1.82) is 0 Å². The number of nitro groups is 1. The summed E-state index contributed by atoms with van der Waals surface area (Å²) in [5, 5.41) is 18.4. The van der Waals surface area contributed by atoms with Gasteiger partial charge in [0.2, 0.25) is 0 Å². The molecule has 0 unspecified atom stereocenters. The molecule has 1 aromatic heterocycles. The zero-order chi connectivity index (χ0) is 17.6. The first-order valence-electron chi connectivity index (χ1n) is 7.54. The van der Waals surface area contributed by atoms with Gasteiger partial charge in [-0.3, -0.25) is 10.1 Å². The molecule has 0 saturated heterocycles. The van der Waals surface area contributed by atoms with Crippen LogP contribution in [0.1, 0.15) is 16.5 Å². The molecule has 0 fully saturated rings. The monoisotopic (exact) mass is 353 g/mol. The Labute approximate surface area is 148 Å². The Balaban J connectivity index is 1.77. The normalized spacial score (nSPS) is 11.5. The fourth-order valence-electron chi connectivity index (χ4n) is 2.42. The first-order chi connectivity index (χ1) is 12.1. The number of nitrogens with zero attached hydrogens (tertiary/aromatic N) is 1. The minimum Gasteiger partial charge on any atom is -0.326 e. The number of benzene rings is 2. The predicted molar refractivity (Wildman–Crippen MR) is 97.9 cm³/mol. The van der Waals surface area contributed by atoms with E-state index in [2.05, 4.69) is 10.6 Å². The number of amides is 2. The van der Waals surface area contributed by atoms with Crippen molar-refractivity contribution in [3.05, 3.63) is 92.7 Å². The van der Waals surface area contributed by atoms with Crippen LogP contribution < -0.4 is 10.6 Å². The van der Waals surface area contributed by atoms with E-state index in [-0.39, 0.29) is 11.7 Å². The highest BCUT2D eigenvalue weighted by Gasteiger charge is 2.18. The summed E-state index contributed by atoms with van der Waals surface area (Å²) in [7, 11) is 0. The number of nitrogens with one attached hydrogen (secondary N) is 2. The zero-order valence-electron chi connectivity index (χ0n) is 13.1. The summed E-state index contributed by atoms with van der Waals surface area (Å²) in [5.41, 5.74) is 1.25. The molecule has 0 saturated carbocycles. The van der Waals surface area contributed by atoms with Gasteiger partial charge in [0.25, 0.3) is 5.69 Å². The van der Waals surface area contributed by atoms with Crippen LogP contribution in [0.15, 0.2) is 72.1 Å². The number of hydrogen-bond donors (Lipinski definition) is 2. The van der Waals surface area contributed by atoms with Gasteiger partial charge >= 0.3 is 6.03 Å². The molecule has 1 heterocycles. The van der Waals surface area contributed by atoms with Crippen LogP contribution in [-0.4, -0.2) is 11.0 Å². The van der Waals surface area contributed by atoms with Crippen LogP contribution in [0.25, 0.3) is 0 Å². The summed E-state index contributed by atoms with van der Waals surface area (Å²) in [6.07, 6.45) is 0. The molecule has 0 aliphatic carbocycles. The SMILES string of the molecule is O=C(Nc1cccc([N+](=O)[O-])c1)N[C@H](c1ccccc1)c1cccs1. The number of rotatable bonds is 5. The van der Waals surface area contributed by atoms with Crippen molar-refractivity contribution in [2.75, 3.05) is 5.32 Å². The van der Waals surface area contributed by atoms with Crippen molar-refractivity contribution in [3.8, 4) is 0 Å². The maximum Gasteiger partial charge on any atom is 0.320 e. The number of anilines is 1. The third-order valence-corrected chi connectivity index (χ3v) is 4.49. The standard InChI is InChI=1S/C18H15N3O3S/c22-18(19-14-8-4-9-15(12-14)21(23)24)20-17(16-10-5-11-25-16)13-6-2-1-3-7-13/h1-12,17H,(H2,19,20,22)/t17-/m1/s1. The molecule has 6 nitrogen and oxygen atoms in total. The number of non-ortho nitro benzene ring substituents is 1. The van der Waals surface area contributed by atoms with Gasteiger partial charge in [-0.05, 0) is 23.1 Å². The largest absolute Gasteiger partial charge is 0.326 e. The molecular formula is C18H15N3O3S. The van der Waals surface area contributed by atoms with E-state index >= 15 is 0 Å². The first kappa shape index (κ1) is 16.7. The molecule has 3 aromatic rings. The van der Waals surface area contributed by atoms with Gasteiger partial charge in [-0.1, -0.05) is 42.5 Å². The molecule has 0 radical (unpaired) electrons. The smallest absolute Gasteiger partial charge is 0.320 e. The summed E-state index contributed by atoms with van der Waals surface area (Å²) in [6.45, 7) is 0. The van der Waals surface area contributed by atoms with Crippen molar-refractivity contribution in [3.63, 3.8) is 0 Å². The Morgan fingerprint density at radius 2 is 1.84 bits per heavy atom. The molecule has 25 heavy (non-hydrogen) atoms. The van der Waals surface area contributed by atoms with Gasteiger partial charge in [0.1, 0.15) is 0 Å². The second kappa shape index (κ2) is 7.59. The van der Waals surface area contributed by atoms with E-state index in [0.29, 0.717) is 5.69 Å². The highest BCUT2D eigenvalue weighted by atomic mass is 32.1. The third-order valence-electron chi connectivity index (χ3n) is 3.55. The average molecular weight is 353 g/mol. The van der Waals surface area contributed by atoms with Gasteiger partial charge in [0, 0.05) is 22.7 Å². The third kappa shape index (κ3) is 4.21. The lowest BCUT2D eigenvalue weighted by Crippen LogP contribution is -2.32. The highest BCUT2D eigenvalue weighted by molar-refractivity contribution is 7.10. The number of urea groups is 1. The van der Waals surface area contributed by atoms with Crippen LogP contribution in [0.5, 0.6) is 0 Å². The van der Waals surface area contributed by atoms with Crippen molar-refractivity contribution < 1.29 is 9.72 Å². The number of nitro benzene ring substituents is 1. The van der Waals surface area contributed by atoms with E-state index in [9.17, 15) is 14.9 Å². The van der Waals surface area contributed by atoms with E-state index in [1.54, 1.807) is 17.4 Å². The quantitative estimate of drug-likeness (QED) is 0.520. The van der Waals surface area contributed by atoms with Crippen molar-refractivity contribution >= 4 is 28.7 Å². The number of carbonyl (C=O) groups is 1. The van der Waals surface area contributed by atoms with E-state index < -0.39 is 11.0 Å². The van der Waals surface area contributed by atoms with E-state index in [1.165, 1.54) is 18.2 Å². The summed E-state index contributed by atoms with van der Waals surface area (Å²) < 4.78 is 0. The minimum absolute atomic E-state index is 0.0735. The predicted octanol–water partition coefficient (Wildman–Crippen LogP) is 4.57. The van der Waals surface area contributed by atoms with E-state index in [0.717, 1.165) is 10.4 Å². The molecule has 2 N–H and O–H groups in total. The van der Waals surface area contributed by atoms with Crippen LogP contribution in [0.4, 0.5) is 16.2 Å². The Morgan fingerprint density at radius 3 is 2.52 bits per heavy atom. The Hall–Kier alpha value is -3.19. The summed E-state index contributed by atoms with van der Waals surface area (Å²) in [4.78, 5) is 23.7. The lowest BCUT2D eigenvalue weighted by Gasteiger charge is -2.18. The Kier molecular flexibility index (Phi) is 5.06. The van der Waals surface area contributed by atoms with E-state index in [4.69, 9.17) is 0 Å². The Bertz CT molecular complexity index is 866. The Morgan fingerprint density at radius 1 is 1.04 bits per heavy atom. The average Bonchev–Trinajstić information content (AvgIpc) is 3.15. The minimum atomic E-state index is -0.499. The van der Waals surface area contributed by atoms with Crippen LogP contribution in [0.2, 0.25) is 0 Å². The highest BCUT2D eigenvalue weighted by Crippen LogP contribution is 2.26. The van der Waals surface area contributed by atoms with Gasteiger partial charge in [-0.15, -0.1) is 11.3 Å². The number of thiophene rings is 1. The molecule has 0 bridgehead atoms. The molecule has 3 rings (SSSR count). The molecule has 1 atom stereocenters. The molecule has 2 aromatic carbocycles. The molecule has 0 aliphatic rings. The zero-order valence-corrected chi connectivity index (χ0v) is 13.9. The summed E-state index contributed by atoms with van der Waals surface area (Å²) >= 11 is 1.55. The number of carbonyl (C=O) groups excluding carboxylic acids is 1. The summed E-state index contributed by atoms with van der Waals surface area (Å²) in [6, 6.07) is 18.6. The summed E-state index contributed by atoms with van der Waals surface area (Å²) in [5.74, 6) is 0. The van der Waals surface area contributed by atoms with Gasteiger partial charge in [0.05, 0.1) is 11.0 Å². The van der Waals surface area contributed by atoms with Crippen LogP contribution in [0.3, 0.4) is 0 Å². The second-order valence-electron chi connectivity index (χ2n) is 5.27. The first-order valence-corrected chi connectivity index (χ1v) is 8.42. The molecular weight excluding hydrogens is 338 g/mol. The lowest BCUT2D eigenvalue weighted by molar-refractivity contribution is -0.384. The van der Waals surface area contributed by atoms with E-state index in [1.807, 2.05) is 47.8 Å². The van der Waals surface area contributed by atoms with Gasteiger partial charge in [-0.2, -0.15) is 0 Å². The second-order valence-corrected chi connectivity index (χ2v) is 6.24. The van der Waals surface area contributed by atoms with Crippen LogP contribution >= 0.6 is 11.3 Å². The van der Waals surface area contributed by atoms with Crippen LogP contribution in [0, 0.1) is 10.1 Å². The fraction of sp³-hybridized carbons (Fsp3) is 0.0556.